The van der Waals surface area contributed by atoms with E-state index in [1.807, 2.05) is 13.8 Å². The lowest BCUT2D eigenvalue weighted by molar-refractivity contribution is 0.117. The van der Waals surface area contributed by atoms with Crippen molar-refractivity contribution in [1.82, 2.24) is 9.97 Å². The van der Waals surface area contributed by atoms with Gasteiger partial charge in [-0.25, -0.2) is 27.1 Å². The highest BCUT2D eigenvalue weighted by molar-refractivity contribution is 7.92. The number of hydrogen-bond donors (Lipinski definition) is 2. The quantitative estimate of drug-likeness (QED) is 0.658. The number of aliphatic hydroxyl groups excluding tert-OH is 2. The SMILES string of the molecule is CC(C)c1nc(N(C)S(C)(=O)=O)nc(-c2ccc(F)cc2)c1/C=C/[C@@H](O)C[C@H](C)O. The number of aromatic nitrogens is 2. The van der Waals surface area contributed by atoms with Gasteiger partial charge in [-0.05, 0) is 37.1 Å². The van der Waals surface area contributed by atoms with E-state index in [1.165, 1.54) is 25.3 Å². The molecule has 0 aliphatic carbocycles. The van der Waals surface area contributed by atoms with Crippen LogP contribution >= 0.6 is 0 Å². The average Bonchev–Trinajstić information content (AvgIpc) is 2.64. The maximum atomic E-state index is 13.5. The monoisotopic (exact) mass is 437 g/mol. The fraction of sp³-hybridized carbons (Fsp3) is 0.429. The zero-order valence-corrected chi connectivity index (χ0v) is 18.6. The van der Waals surface area contributed by atoms with Crippen LogP contribution in [-0.2, 0) is 10.0 Å². The first-order chi connectivity index (χ1) is 13.9. The summed E-state index contributed by atoms with van der Waals surface area (Å²) in [6.07, 6.45) is 2.85. The zero-order valence-electron chi connectivity index (χ0n) is 17.7. The first-order valence-electron chi connectivity index (χ1n) is 9.56. The molecule has 2 rings (SSSR count). The van der Waals surface area contributed by atoms with E-state index in [4.69, 9.17) is 0 Å². The number of nitrogens with zero attached hydrogens (tertiary/aromatic N) is 3. The van der Waals surface area contributed by atoms with Crippen LogP contribution in [0.25, 0.3) is 17.3 Å². The average molecular weight is 438 g/mol. The first-order valence-corrected chi connectivity index (χ1v) is 11.4. The lowest BCUT2D eigenvalue weighted by Gasteiger charge is -2.20. The summed E-state index contributed by atoms with van der Waals surface area (Å²) in [6.45, 7) is 5.40. The van der Waals surface area contributed by atoms with E-state index in [9.17, 15) is 23.0 Å². The lowest BCUT2D eigenvalue weighted by Crippen LogP contribution is -2.27. The minimum Gasteiger partial charge on any atom is -0.393 e. The van der Waals surface area contributed by atoms with Crippen molar-refractivity contribution in [2.24, 2.45) is 0 Å². The second-order valence-electron chi connectivity index (χ2n) is 7.57. The number of rotatable bonds is 8. The standard InChI is InChI=1S/C21H28FN3O4S/c1-13(2)19-18(11-10-17(27)12-14(3)26)20(15-6-8-16(22)9-7-15)24-21(23-19)25(4)30(5,28)29/h6-11,13-14,17,26-27H,12H2,1-5H3/b11-10+/t14-,17+/m0/s1. The van der Waals surface area contributed by atoms with Crippen molar-refractivity contribution in [3.8, 4) is 11.3 Å². The van der Waals surface area contributed by atoms with Crippen LogP contribution in [0.3, 0.4) is 0 Å². The van der Waals surface area contributed by atoms with Gasteiger partial charge in [0.2, 0.25) is 16.0 Å². The third kappa shape index (κ3) is 6.07. The molecule has 0 saturated heterocycles. The van der Waals surface area contributed by atoms with Crippen LogP contribution < -0.4 is 4.31 Å². The fourth-order valence-electron chi connectivity index (χ4n) is 2.83. The third-order valence-electron chi connectivity index (χ3n) is 4.47. The van der Waals surface area contributed by atoms with Crippen molar-refractivity contribution < 1.29 is 23.0 Å². The number of benzene rings is 1. The highest BCUT2D eigenvalue weighted by atomic mass is 32.2. The fourth-order valence-corrected chi connectivity index (χ4v) is 3.21. The Morgan fingerprint density at radius 1 is 1.13 bits per heavy atom. The summed E-state index contributed by atoms with van der Waals surface area (Å²) in [5.41, 5.74) is 2.16. The van der Waals surface area contributed by atoms with Gasteiger partial charge in [0.25, 0.3) is 0 Å². The van der Waals surface area contributed by atoms with Gasteiger partial charge in [-0.1, -0.05) is 26.0 Å². The second kappa shape index (κ2) is 9.63. The van der Waals surface area contributed by atoms with Gasteiger partial charge in [-0.2, -0.15) is 0 Å². The number of hydrogen-bond acceptors (Lipinski definition) is 6. The Kier molecular flexibility index (Phi) is 7.68. The van der Waals surface area contributed by atoms with Gasteiger partial charge in [-0.3, -0.25) is 0 Å². The maximum absolute atomic E-state index is 13.5. The van der Waals surface area contributed by atoms with E-state index < -0.39 is 28.0 Å². The molecule has 0 fully saturated rings. The summed E-state index contributed by atoms with van der Waals surface area (Å²) in [5.74, 6) is -0.496. The van der Waals surface area contributed by atoms with Crippen molar-refractivity contribution in [1.29, 1.82) is 0 Å². The highest BCUT2D eigenvalue weighted by Crippen LogP contribution is 2.31. The number of aliphatic hydroxyl groups is 2. The Morgan fingerprint density at radius 2 is 1.73 bits per heavy atom. The van der Waals surface area contributed by atoms with Crippen molar-refractivity contribution in [2.45, 2.75) is 45.3 Å². The second-order valence-corrected chi connectivity index (χ2v) is 9.59. The molecule has 0 saturated carbocycles. The molecule has 2 N–H and O–H groups in total. The van der Waals surface area contributed by atoms with Crippen molar-refractivity contribution in [3.05, 3.63) is 47.4 Å². The van der Waals surface area contributed by atoms with Crippen molar-refractivity contribution in [3.63, 3.8) is 0 Å². The van der Waals surface area contributed by atoms with Crippen LogP contribution in [0.5, 0.6) is 0 Å². The molecule has 0 unspecified atom stereocenters. The summed E-state index contributed by atoms with van der Waals surface area (Å²) in [6, 6.07) is 5.69. The molecule has 0 spiro atoms. The van der Waals surface area contributed by atoms with E-state index >= 15 is 0 Å². The Bertz CT molecular complexity index is 1010. The smallest absolute Gasteiger partial charge is 0.239 e. The van der Waals surface area contributed by atoms with Crippen LogP contribution in [0.1, 0.15) is 44.4 Å². The molecule has 9 heteroatoms. The minimum absolute atomic E-state index is 0.00204. The molecule has 1 heterocycles. The van der Waals surface area contributed by atoms with Gasteiger partial charge < -0.3 is 10.2 Å². The molecule has 1 aromatic heterocycles. The predicted octanol–water partition coefficient (Wildman–Crippen LogP) is 2.95. The van der Waals surface area contributed by atoms with E-state index in [0.717, 1.165) is 10.6 Å². The maximum Gasteiger partial charge on any atom is 0.239 e. The van der Waals surface area contributed by atoms with E-state index in [1.54, 1.807) is 25.1 Å². The Hall–Kier alpha value is -2.36. The van der Waals surface area contributed by atoms with Gasteiger partial charge in [-0.15, -0.1) is 0 Å². The van der Waals surface area contributed by atoms with Crippen LogP contribution in [-0.4, -0.2) is 54.1 Å². The van der Waals surface area contributed by atoms with Crippen LogP contribution in [0.2, 0.25) is 0 Å². The molecular formula is C21H28FN3O4S. The topological polar surface area (TPSA) is 104 Å². The van der Waals surface area contributed by atoms with E-state index in [2.05, 4.69) is 9.97 Å². The normalized spacial score (nSPS) is 14.3. The molecule has 164 valence electrons. The van der Waals surface area contributed by atoms with Gasteiger partial charge in [0.05, 0.1) is 29.9 Å². The molecule has 30 heavy (non-hydrogen) atoms. The molecule has 0 amide bonds. The van der Waals surface area contributed by atoms with Crippen molar-refractivity contribution in [2.75, 3.05) is 17.6 Å². The molecule has 0 aliphatic heterocycles. The lowest BCUT2D eigenvalue weighted by atomic mass is 9.97. The highest BCUT2D eigenvalue weighted by Gasteiger charge is 2.22. The summed E-state index contributed by atoms with van der Waals surface area (Å²) in [7, 11) is -2.23. The number of halogens is 1. The molecule has 0 aliphatic rings. The van der Waals surface area contributed by atoms with Gasteiger partial charge in [0.15, 0.2) is 0 Å². The van der Waals surface area contributed by atoms with Crippen LogP contribution in [0, 0.1) is 5.82 Å². The van der Waals surface area contributed by atoms with Crippen LogP contribution in [0.15, 0.2) is 30.3 Å². The van der Waals surface area contributed by atoms with E-state index in [-0.39, 0.29) is 18.3 Å². The Labute approximate surface area is 177 Å². The summed E-state index contributed by atoms with van der Waals surface area (Å²) in [5, 5.41) is 19.6. The molecule has 0 radical (unpaired) electrons. The molecule has 1 aromatic carbocycles. The van der Waals surface area contributed by atoms with E-state index in [0.29, 0.717) is 22.5 Å². The third-order valence-corrected chi connectivity index (χ3v) is 5.63. The molecular weight excluding hydrogens is 409 g/mol. The summed E-state index contributed by atoms with van der Waals surface area (Å²) < 4.78 is 38.5. The van der Waals surface area contributed by atoms with Gasteiger partial charge in [0.1, 0.15) is 5.82 Å². The Balaban J connectivity index is 2.73. The Morgan fingerprint density at radius 3 is 2.23 bits per heavy atom. The number of anilines is 1. The molecule has 7 nitrogen and oxygen atoms in total. The van der Waals surface area contributed by atoms with Crippen molar-refractivity contribution >= 4 is 22.0 Å². The van der Waals surface area contributed by atoms with Crippen LogP contribution in [0.4, 0.5) is 10.3 Å². The zero-order chi connectivity index (χ0) is 22.6. The molecule has 2 atom stereocenters. The van der Waals surface area contributed by atoms with Gasteiger partial charge >= 0.3 is 0 Å². The largest absolute Gasteiger partial charge is 0.393 e. The molecule has 0 bridgehead atoms. The number of sulfonamides is 1. The predicted molar refractivity (Wildman–Crippen MR) is 116 cm³/mol. The minimum atomic E-state index is -3.59. The summed E-state index contributed by atoms with van der Waals surface area (Å²) in [4.78, 5) is 8.91. The first kappa shape index (κ1) is 23.9. The molecule has 2 aromatic rings. The van der Waals surface area contributed by atoms with Gasteiger partial charge in [0, 0.05) is 24.6 Å². The summed E-state index contributed by atoms with van der Waals surface area (Å²) >= 11 is 0.